The van der Waals surface area contributed by atoms with Crippen molar-refractivity contribution in [3.05, 3.63) is 11.8 Å². The van der Waals surface area contributed by atoms with Crippen LogP contribution in [0.1, 0.15) is 25.1 Å². The molecule has 114 valence electrons. The van der Waals surface area contributed by atoms with Gasteiger partial charge in [-0.15, -0.1) is 20.4 Å². The minimum absolute atomic E-state index is 0.0209. The van der Waals surface area contributed by atoms with Gasteiger partial charge in [-0.3, -0.25) is 4.79 Å². The molecule has 0 saturated heterocycles. The smallest absolute Gasteiger partial charge is 0.230 e. The summed E-state index contributed by atoms with van der Waals surface area (Å²) in [6.07, 6.45) is 0.936. The Morgan fingerprint density at radius 3 is 2.67 bits per heavy atom. The molecule has 0 aromatic carbocycles. The summed E-state index contributed by atoms with van der Waals surface area (Å²) in [7, 11) is 0. The molecule has 0 aliphatic carbocycles. The van der Waals surface area contributed by atoms with Crippen LogP contribution in [0.15, 0.2) is 13.1 Å². The highest BCUT2D eigenvalue weighted by molar-refractivity contribution is 8.03. The lowest BCUT2D eigenvalue weighted by atomic mass is 10.5. The van der Waals surface area contributed by atoms with E-state index in [1.54, 1.807) is 6.92 Å². The average Bonchev–Trinajstić information content (AvgIpc) is 3.09. The van der Waals surface area contributed by atoms with Crippen LogP contribution in [0, 0.1) is 6.92 Å². The molecule has 0 bridgehead atoms. The molecule has 2 aromatic heterocycles. The van der Waals surface area contributed by atoms with Crippen LogP contribution in [-0.2, 0) is 10.5 Å². The fourth-order valence-corrected chi connectivity index (χ4v) is 3.96. The molecule has 2 aromatic rings. The molecular weight excluding hydrogens is 330 g/mol. The third kappa shape index (κ3) is 5.64. The molecule has 0 radical (unpaired) electrons. The Bertz CT molecular complexity index is 586. The van der Waals surface area contributed by atoms with E-state index < -0.39 is 0 Å². The summed E-state index contributed by atoms with van der Waals surface area (Å²) in [6, 6.07) is 0. The molecule has 0 aliphatic heterocycles. The lowest BCUT2D eigenvalue weighted by Gasteiger charge is -2.00. The van der Waals surface area contributed by atoms with E-state index in [4.69, 9.17) is 4.42 Å². The fraction of sp³-hybridized carbons (Fsp3) is 0.545. The summed E-state index contributed by atoms with van der Waals surface area (Å²) in [4.78, 5) is 11.5. The molecule has 21 heavy (non-hydrogen) atoms. The summed E-state index contributed by atoms with van der Waals surface area (Å²) in [5, 5.41) is 18.6. The molecule has 0 atom stereocenters. The Balaban J connectivity index is 1.74. The van der Waals surface area contributed by atoms with Crippen LogP contribution in [0.25, 0.3) is 0 Å². The SMILES string of the molecule is CCCNC(=O)CSc1nnc(SCc2nnc(C)o2)s1. The van der Waals surface area contributed by atoms with Crippen molar-refractivity contribution in [2.75, 3.05) is 12.3 Å². The Labute approximate surface area is 134 Å². The second kappa shape index (κ2) is 8.35. The molecular formula is C11H15N5O2S3. The van der Waals surface area contributed by atoms with Crippen molar-refractivity contribution in [3.8, 4) is 0 Å². The summed E-state index contributed by atoms with van der Waals surface area (Å²) in [6.45, 7) is 4.48. The van der Waals surface area contributed by atoms with Crippen molar-refractivity contribution in [3.63, 3.8) is 0 Å². The Morgan fingerprint density at radius 2 is 2.00 bits per heavy atom. The van der Waals surface area contributed by atoms with Crippen LogP contribution in [0.2, 0.25) is 0 Å². The van der Waals surface area contributed by atoms with E-state index in [1.165, 1.54) is 34.9 Å². The molecule has 0 fully saturated rings. The third-order valence-corrected chi connectivity index (χ3v) is 5.35. The van der Waals surface area contributed by atoms with Gasteiger partial charge in [-0.25, -0.2) is 0 Å². The number of amides is 1. The lowest BCUT2D eigenvalue weighted by Crippen LogP contribution is -2.25. The number of carbonyl (C=O) groups is 1. The zero-order valence-corrected chi connectivity index (χ0v) is 14.1. The van der Waals surface area contributed by atoms with Gasteiger partial charge in [0.15, 0.2) is 8.68 Å². The van der Waals surface area contributed by atoms with E-state index in [0.717, 1.165) is 15.1 Å². The van der Waals surface area contributed by atoms with Gasteiger partial charge in [0.25, 0.3) is 0 Å². The Kier molecular flexibility index (Phi) is 6.46. The van der Waals surface area contributed by atoms with E-state index in [-0.39, 0.29) is 5.91 Å². The highest BCUT2D eigenvalue weighted by Crippen LogP contribution is 2.30. The molecule has 0 unspecified atom stereocenters. The molecule has 0 aliphatic rings. The molecule has 2 rings (SSSR count). The number of carbonyl (C=O) groups excluding carboxylic acids is 1. The van der Waals surface area contributed by atoms with Crippen molar-refractivity contribution in [2.24, 2.45) is 0 Å². The number of nitrogens with one attached hydrogen (secondary N) is 1. The van der Waals surface area contributed by atoms with Crippen molar-refractivity contribution in [2.45, 2.75) is 34.7 Å². The van der Waals surface area contributed by atoms with Gasteiger partial charge in [0.05, 0.1) is 11.5 Å². The molecule has 7 nitrogen and oxygen atoms in total. The van der Waals surface area contributed by atoms with E-state index in [2.05, 4.69) is 25.7 Å². The second-order valence-electron chi connectivity index (χ2n) is 3.98. The van der Waals surface area contributed by atoms with Crippen LogP contribution >= 0.6 is 34.9 Å². The van der Waals surface area contributed by atoms with Crippen LogP contribution in [0.5, 0.6) is 0 Å². The quantitative estimate of drug-likeness (QED) is 0.727. The highest BCUT2D eigenvalue weighted by Gasteiger charge is 2.10. The van der Waals surface area contributed by atoms with Gasteiger partial charge in [0, 0.05) is 13.5 Å². The van der Waals surface area contributed by atoms with Gasteiger partial charge in [0.1, 0.15) is 0 Å². The van der Waals surface area contributed by atoms with Crippen molar-refractivity contribution in [1.82, 2.24) is 25.7 Å². The van der Waals surface area contributed by atoms with Crippen LogP contribution in [0.3, 0.4) is 0 Å². The first-order valence-electron chi connectivity index (χ1n) is 6.32. The van der Waals surface area contributed by atoms with Crippen LogP contribution in [0.4, 0.5) is 0 Å². The maximum Gasteiger partial charge on any atom is 0.230 e. The number of aryl methyl sites for hydroxylation is 1. The monoisotopic (exact) mass is 345 g/mol. The second-order valence-corrected chi connectivity index (χ2v) is 7.40. The predicted molar refractivity (Wildman–Crippen MR) is 82.5 cm³/mol. The summed E-state index contributed by atoms with van der Waals surface area (Å²) < 4.78 is 6.89. The summed E-state index contributed by atoms with van der Waals surface area (Å²) >= 11 is 4.34. The summed E-state index contributed by atoms with van der Waals surface area (Å²) in [5.41, 5.74) is 0. The topological polar surface area (TPSA) is 93.8 Å². The lowest BCUT2D eigenvalue weighted by molar-refractivity contribution is -0.118. The molecule has 1 N–H and O–H groups in total. The zero-order chi connectivity index (χ0) is 15.1. The fourth-order valence-electron chi connectivity index (χ4n) is 1.28. The molecule has 0 spiro atoms. The maximum atomic E-state index is 11.5. The minimum Gasteiger partial charge on any atom is -0.425 e. The van der Waals surface area contributed by atoms with Gasteiger partial charge < -0.3 is 9.73 Å². The van der Waals surface area contributed by atoms with Crippen LogP contribution < -0.4 is 5.32 Å². The van der Waals surface area contributed by atoms with E-state index >= 15 is 0 Å². The van der Waals surface area contributed by atoms with Gasteiger partial charge >= 0.3 is 0 Å². The number of rotatable bonds is 8. The first kappa shape index (κ1) is 16.2. The average molecular weight is 345 g/mol. The first-order valence-corrected chi connectivity index (χ1v) is 9.11. The molecule has 0 saturated carbocycles. The Morgan fingerprint density at radius 1 is 1.24 bits per heavy atom. The van der Waals surface area contributed by atoms with E-state index in [0.29, 0.717) is 29.8 Å². The van der Waals surface area contributed by atoms with Gasteiger partial charge in [-0.1, -0.05) is 41.8 Å². The third-order valence-electron chi connectivity index (χ3n) is 2.17. The molecule has 1 amide bonds. The highest BCUT2D eigenvalue weighted by atomic mass is 32.2. The molecule has 10 heteroatoms. The van der Waals surface area contributed by atoms with Crippen molar-refractivity contribution in [1.29, 1.82) is 0 Å². The van der Waals surface area contributed by atoms with Crippen molar-refractivity contribution < 1.29 is 9.21 Å². The molecule has 2 heterocycles. The summed E-state index contributed by atoms with van der Waals surface area (Å²) in [5.74, 6) is 2.07. The maximum absolute atomic E-state index is 11.5. The van der Waals surface area contributed by atoms with E-state index in [1.807, 2.05) is 6.92 Å². The van der Waals surface area contributed by atoms with E-state index in [9.17, 15) is 4.79 Å². The number of hydrogen-bond acceptors (Lipinski definition) is 9. The van der Waals surface area contributed by atoms with Gasteiger partial charge in [-0.2, -0.15) is 0 Å². The number of aromatic nitrogens is 4. The van der Waals surface area contributed by atoms with Gasteiger partial charge in [-0.05, 0) is 6.42 Å². The number of nitrogens with zero attached hydrogens (tertiary/aromatic N) is 4. The van der Waals surface area contributed by atoms with Crippen molar-refractivity contribution >= 4 is 40.8 Å². The van der Waals surface area contributed by atoms with Gasteiger partial charge in [0.2, 0.25) is 17.7 Å². The minimum atomic E-state index is 0.0209. The Hall–Kier alpha value is -1.13. The zero-order valence-electron chi connectivity index (χ0n) is 11.7. The van der Waals surface area contributed by atoms with Crippen LogP contribution in [-0.4, -0.2) is 38.6 Å². The normalized spacial score (nSPS) is 10.8. The number of thioether (sulfide) groups is 2. The largest absolute Gasteiger partial charge is 0.425 e. The predicted octanol–water partition coefficient (Wildman–Crippen LogP) is 2.14. The number of hydrogen-bond donors (Lipinski definition) is 1. The standard InChI is InChI=1S/C11H15N5O2S3/c1-3-4-12-8(17)5-19-10-15-16-11(21-10)20-6-9-14-13-7(2)18-9/h3-6H2,1-2H3,(H,12,17). The first-order chi connectivity index (χ1) is 10.2.